The monoisotopic (exact) mass is 304 g/mol. The molecule has 0 aromatic heterocycles. The third-order valence-electron chi connectivity index (χ3n) is 4.35. The van der Waals surface area contributed by atoms with E-state index in [0.29, 0.717) is 12.0 Å². The molecule has 110 valence electrons. The number of benzene rings is 2. The average Bonchev–Trinajstić information content (AvgIpc) is 2.65. The number of hydrogen-bond acceptors (Lipinski definition) is 1. The van der Waals surface area contributed by atoms with E-state index in [-0.39, 0.29) is 16.8 Å². The number of fused-ring (bicyclic) bond motifs is 1. The molecule has 0 amide bonds. The normalized spacial score (nSPS) is 21.7. The van der Waals surface area contributed by atoms with Crippen LogP contribution in [-0.4, -0.2) is 5.11 Å². The second kappa shape index (κ2) is 6.17. The van der Waals surface area contributed by atoms with E-state index < -0.39 is 6.10 Å². The quantitative estimate of drug-likeness (QED) is 0.797. The minimum absolute atomic E-state index is 0.0293. The molecule has 0 fully saturated rings. The van der Waals surface area contributed by atoms with Crippen LogP contribution in [0.25, 0.3) is 0 Å². The molecule has 0 saturated carbocycles. The van der Waals surface area contributed by atoms with Gasteiger partial charge in [-0.15, -0.1) is 0 Å². The first kappa shape index (κ1) is 14.6. The van der Waals surface area contributed by atoms with E-state index in [1.165, 1.54) is 5.56 Å². The summed E-state index contributed by atoms with van der Waals surface area (Å²) >= 11 is 5.84. The lowest BCUT2D eigenvalue weighted by Crippen LogP contribution is -2.15. The lowest BCUT2D eigenvalue weighted by molar-refractivity contribution is 0.104. The smallest absolute Gasteiger partial charge is 0.144 e. The molecule has 2 atom stereocenters. The van der Waals surface area contributed by atoms with Gasteiger partial charge in [0.1, 0.15) is 5.82 Å². The molecule has 0 saturated heterocycles. The Kier molecular flexibility index (Phi) is 4.27. The molecule has 1 aliphatic carbocycles. The van der Waals surface area contributed by atoms with Gasteiger partial charge in [-0.1, -0.05) is 48.0 Å². The van der Waals surface area contributed by atoms with Crippen LogP contribution in [-0.2, 0) is 12.8 Å². The Labute approximate surface area is 129 Å². The highest BCUT2D eigenvalue weighted by Crippen LogP contribution is 2.35. The summed E-state index contributed by atoms with van der Waals surface area (Å²) in [4.78, 5) is 0. The van der Waals surface area contributed by atoms with E-state index in [4.69, 9.17) is 11.6 Å². The molecule has 0 heterocycles. The van der Waals surface area contributed by atoms with E-state index in [1.807, 2.05) is 18.2 Å². The standard InChI is InChI=1S/C18H18ClFO/c19-16-10-4-7-13(17(16)20)11-14-8-3-6-12-5-1-2-9-15(12)18(14)21/h1-2,4-5,7,9-10,14,18,21H,3,6,8,11H2. The highest BCUT2D eigenvalue weighted by atomic mass is 35.5. The van der Waals surface area contributed by atoms with E-state index in [9.17, 15) is 9.50 Å². The van der Waals surface area contributed by atoms with Gasteiger partial charge >= 0.3 is 0 Å². The zero-order chi connectivity index (χ0) is 14.8. The van der Waals surface area contributed by atoms with Crippen molar-refractivity contribution >= 4 is 11.6 Å². The number of rotatable bonds is 2. The molecule has 2 aromatic rings. The van der Waals surface area contributed by atoms with Crippen molar-refractivity contribution in [3.63, 3.8) is 0 Å². The van der Waals surface area contributed by atoms with Crippen LogP contribution in [0, 0.1) is 11.7 Å². The molecule has 1 nitrogen and oxygen atoms in total. The maximum absolute atomic E-state index is 14.1. The zero-order valence-electron chi connectivity index (χ0n) is 11.7. The molecule has 0 aliphatic heterocycles. The summed E-state index contributed by atoms with van der Waals surface area (Å²) in [6.07, 6.45) is 2.86. The van der Waals surface area contributed by atoms with Gasteiger partial charge < -0.3 is 5.11 Å². The average molecular weight is 305 g/mol. The number of aryl methyl sites for hydroxylation is 1. The van der Waals surface area contributed by atoms with Crippen LogP contribution in [0.5, 0.6) is 0 Å². The van der Waals surface area contributed by atoms with Crippen LogP contribution in [0.3, 0.4) is 0 Å². The SMILES string of the molecule is OC1c2ccccc2CCCC1Cc1cccc(Cl)c1F. The predicted octanol–water partition coefficient (Wildman–Crippen LogP) is 4.71. The molecule has 0 bridgehead atoms. The van der Waals surface area contributed by atoms with Crippen molar-refractivity contribution in [3.05, 3.63) is 70.0 Å². The van der Waals surface area contributed by atoms with Gasteiger partial charge in [0.15, 0.2) is 0 Å². The predicted molar refractivity (Wildman–Crippen MR) is 82.9 cm³/mol. The van der Waals surface area contributed by atoms with Gasteiger partial charge in [-0.3, -0.25) is 0 Å². The van der Waals surface area contributed by atoms with Gasteiger partial charge in [0, 0.05) is 0 Å². The van der Waals surface area contributed by atoms with Crippen molar-refractivity contribution < 1.29 is 9.50 Å². The van der Waals surface area contributed by atoms with Gasteiger partial charge in [0.05, 0.1) is 11.1 Å². The van der Waals surface area contributed by atoms with Crippen LogP contribution >= 0.6 is 11.6 Å². The largest absolute Gasteiger partial charge is 0.388 e. The molecule has 1 N–H and O–H groups in total. The lowest BCUT2D eigenvalue weighted by Gasteiger charge is -2.22. The second-order valence-electron chi connectivity index (χ2n) is 5.71. The summed E-state index contributed by atoms with van der Waals surface area (Å²) in [5, 5.41) is 10.8. The molecule has 1 aliphatic rings. The fourth-order valence-corrected chi connectivity index (χ4v) is 3.41. The number of hydrogen-bond donors (Lipinski definition) is 1. The first-order valence-electron chi connectivity index (χ1n) is 7.35. The number of aliphatic hydroxyl groups is 1. The van der Waals surface area contributed by atoms with Crippen LogP contribution in [0.4, 0.5) is 4.39 Å². The van der Waals surface area contributed by atoms with Crippen molar-refractivity contribution in [2.45, 2.75) is 31.8 Å². The molecule has 2 aromatic carbocycles. The maximum Gasteiger partial charge on any atom is 0.144 e. The fourth-order valence-electron chi connectivity index (χ4n) is 3.22. The van der Waals surface area contributed by atoms with Crippen molar-refractivity contribution in [2.24, 2.45) is 5.92 Å². The molecular weight excluding hydrogens is 287 g/mol. The van der Waals surface area contributed by atoms with Crippen molar-refractivity contribution in [2.75, 3.05) is 0 Å². The summed E-state index contributed by atoms with van der Waals surface area (Å²) in [6, 6.07) is 13.1. The Morgan fingerprint density at radius 3 is 2.81 bits per heavy atom. The van der Waals surface area contributed by atoms with Gasteiger partial charge in [0.25, 0.3) is 0 Å². The molecule has 3 rings (SSSR count). The van der Waals surface area contributed by atoms with Gasteiger partial charge in [-0.25, -0.2) is 4.39 Å². The highest BCUT2D eigenvalue weighted by Gasteiger charge is 2.26. The van der Waals surface area contributed by atoms with Crippen molar-refractivity contribution in [1.82, 2.24) is 0 Å². The summed E-state index contributed by atoms with van der Waals surface area (Å²) < 4.78 is 14.1. The van der Waals surface area contributed by atoms with Gasteiger partial charge in [-0.2, -0.15) is 0 Å². The lowest BCUT2D eigenvalue weighted by atomic mass is 9.88. The zero-order valence-corrected chi connectivity index (χ0v) is 12.5. The Hall–Kier alpha value is -1.38. The minimum Gasteiger partial charge on any atom is -0.388 e. The molecule has 21 heavy (non-hydrogen) atoms. The van der Waals surface area contributed by atoms with E-state index in [1.54, 1.807) is 18.2 Å². The maximum atomic E-state index is 14.1. The summed E-state index contributed by atoms with van der Waals surface area (Å²) in [5.74, 6) is -0.328. The first-order chi connectivity index (χ1) is 10.2. The second-order valence-corrected chi connectivity index (χ2v) is 6.12. The molecular formula is C18H18ClFO. The first-order valence-corrected chi connectivity index (χ1v) is 7.73. The Balaban J connectivity index is 1.88. The molecule has 0 spiro atoms. The fraction of sp³-hybridized carbons (Fsp3) is 0.333. The van der Waals surface area contributed by atoms with Crippen LogP contribution in [0.2, 0.25) is 5.02 Å². The minimum atomic E-state index is -0.540. The third-order valence-corrected chi connectivity index (χ3v) is 4.65. The van der Waals surface area contributed by atoms with E-state index in [0.717, 1.165) is 24.8 Å². The topological polar surface area (TPSA) is 20.2 Å². The summed E-state index contributed by atoms with van der Waals surface area (Å²) in [7, 11) is 0. The Morgan fingerprint density at radius 2 is 1.95 bits per heavy atom. The highest BCUT2D eigenvalue weighted by molar-refractivity contribution is 6.30. The Morgan fingerprint density at radius 1 is 1.14 bits per heavy atom. The van der Waals surface area contributed by atoms with Crippen LogP contribution < -0.4 is 0 Å². The summed E-state index contributed by atoms with van der Waals surface area (Å²) in [5.41, 5.74) is 2.78. The van der Waals surface area contributed by atoms with Crippen molar-refractivity contribution in [3.8, 4) is 0 Å². The van der Waals surface area contributed by atoms with Crippen LogP contribution in [0.1, 0.15) is 35.6 Å². The van der Waals surface area contributed by atoms with Gasteiger partial charge in [-0.05, 0) is 54.4 Å². The molecule has 0 radical (unpaired) electrons. The Bertz CT molecular complexity index is 641. The number of aliphatic hydroxyl groups excluding tert-OH is 1. The summed E-state index contributed by atoms with van der Waals surface area (Å²) in [6.45, 7) is 0. The van der Waals surface area contributed by atoms with E-state index >= 15 is 0 Å². The molecule has 3 heteroatoms. The van der Waals surface area contributed by atoms with Crippen molar-refractivity contribution in [1.29, 1.82) is 0 Å². The van der Waals surface area contributed by atoms with Gasteiger partial charge in [0.2, 0.25) is 0 Å². The third kappa shape index (κ3) is 2.97. The molecule has 2 unspecified atom stereocenters. The number of halogens is 2. The van der Waals surface area contributed by atoms with E-state index in [2.05, 4.69) is 6.07 Å². The van der Waals surface area contributed by atoms with Crippen LogP contribution in [0.15, 0.2) is 42.5 Å².